The Hall–Kier alpha value is -1.77. The number of aromatic nitrogens is 4. The first kappa shape index (κ1) is 17.6. The molecule has 0 aliphatic rings. The predicted molar refractivity (Wildman–Crippen MR) is 91.4 cm³/mol. The summed E-state index contributed by atoms with van der Waals surface area (Å²) < 4.78 is 6.80. The maximum absolute atomic E-state index is 12.3. The highest BCUT2D eigenvalue weighted by atomic mass is 35.5. The molecule has 0 amide bonds. The summed E-state index contributed by atoms with van der Waals surface area (Å²) in [4.78, 5) is 21.6. The van der Waals surface area contributed by atoms with Crippen molar-refractivity contribution in [3.63, 3.8) is 0 Å². The van der Waals surface area contributed by atoms with Gasteiger partial charge in [-0.05, 0) is 25.4 Å². The molecule has 0 fully saturated rings. The van der Waals surface area contributed by atoms with Crippen LogP contribution in [0.3, 0.4) is 0 Å². The van der Waals surface area contributed by atoms with Crippen LogP contribution in [0.15, 0.2) is 27.1 Å². The maximum atomic E-state index is 12.3. The van der Waals surface area contributed by atoms with Gasteiger partial charge in [0.2, 0.25) is 5.89 Å². The van der Waals surface area contributed by atoms with E-state index in [4.69, 9.17) is 4.52 Å². The molecule has 0 saturated heterocycles. The van der Waals surface area contributed by atoms with Crippen LogP contribution in [-0.4, -0.2) is 32.8 Å². The average Bonchev–Trinajstić information content (AvgIpc) is 3.16. The van der Waals surface area contributed by atoms with Crippen molar-refractivity contribution in [3.8, 4) is 0 Å². The smallest absolute Gasteiger partial charge is 0.262 e. The van der Waals surface area contributed by atoms with Crippen molar-refractivity contribution in [2.75, 3.05) is 7.05 Å². The second-order valence-electron chi connectivity index (χ2n) is 5.13. The van der Waals surface area contributed by atoms with Gasteiger partial charge >= 0.3 is 0 Å². The van der Waals surface area contributed by atoms with E-state index in [0.29, 0.717) is 42.5 Å². The van der Waals surface area contributed by atoms with E-state index in [1.165, 1.54) is 11.3 Å². The van der Waals surface area contributed by atoms with E-state index in [1.807, 2.05) is 12.4 Å². The van der Waals surface area contributed by atoms with Gasteiger partial charge in [-0.1, -0.05) is 5.16 Å². The first-order valence-electron chi connectivity index (χ1n) is 7.08. The molecule has 7 nitrogen and oxygen atoms in total. The summed E-state index contributed by atoms with van der Waals surface area (Å²) in [5, 5.41) is 9.61. The van der Waals surface area contributed by atoms with Gasteiger partial charge in [-0.3, -0.25) is 9.36 Å². The molecule has 0 aliphatic carbocycles. The van der Waals surface area contributed by atoms with Crippen LogP contribution in [0.4, 0.5) is 0 Å². The Bertz CT molecular complexity index is 828. The van der Waals surface area contributed by atoms with E-state index < -0.39 is 0 Å². The van der Waals surface area contributed by atoms with Gasteiger partial charge in [-0.2, -0.15) is 4.98 Å². The third-order valence-corrected chi connectivity index (χ3v) is 4.33. The first-order valence-corrected chi connectivity index (χ1v) is 7.96. The van der Waals surface area contributed by atoms with Gasteiger partial charge in [0.1, 0.15) is 4.83 Å². The van der Waals surface area contributed by atoms with Crippen LogP contribution in [-0.2, 0) is 19.4 Å². The van der Waals surface area contributed by atoms with Gasteiger partial charge in [0.05, 0.1) is 11.7 Å². The van der Waals surface area contributed by atoms with Gasteiger partial charge in [0.25, 0.3) is 5.56 Å². The normalized spacial score (nSPS) is 12.3. The molecule has 3 rings (SSSR count). The van der Waals surface area contributed by atoms with Gasteiger partial charge < -0.3 is 9.84 Å². The van der Waals surface area contributed by atoms with E-state index in [-0.39, 0.29) is 18.0 Å². The van der Waals surface area contributed by atoms with Gasteiger partial charge in [-0.25, -0.2) is 4.98 Å². The number of thiophene rings is 1. The zero-order chi connectivity index (χ0) is 15.5. The van der Waals surface area contributed by atoms with Crippen molar-refractivity contribution in [2.45, 2.75) is 32.4 Å². The fraction of sp³-hybridized carbons (Fsp3) is 0.429. The molecular weight excluding hydrogens is 338 g/mol. The van der Waals surface area contributed by atoms with Crippen LogP contribution in [0, 0.1) is 0 Å². The molecule has 0 aromatic carbocycles. The molecule has 3 aromatic rings. The van der Waals surface area contributed by atoms with E-state index in [1.54, 1.807) is 17.0 Å². The zero-order valence-corrected chi connectivity index (χ0v) is 14.5. The second-order valence-corrected chi connectivity index (χ2v) is 6.03. The SMILES string of the molecule is CNC(C)Cc1noc(CCn2cnc3sccc3c2=O)n1.Cl. The minimum absolute atomic E-state index is 0. The molecule has 0 radical (unpaired) electrons. The summed E-state index contributed by atoms with van der Waals surface area (Å²) >= 11 is 1.46. The molecule has 124 valence electrons. The number of nitrogens with one attached hydrogen (secondary N) is 1. The molecule has 0 spiro atoms. The van der Waals surface area contributed by atoms with Crippen LogP contribution in [0.25, 0.3) is 10.2 Å². The lowest BCUT2D eigenvalue weighted by Crippen LogP contribution is -2.24. The molecule has 0 aliphatic heterocycles. The summed E-state index contributed by atoms with van der Waals surface area (Å²) in [6, 6.07) is 2.09. The van der Waals surface area contributed by atoms with Crippen molar-refractivity contribution in [1.29, 1.82) is 0 Å². The summed E-state index contributed by atoms with van der Waals surface area (Å²) in [6.07, 6.45) is 2.79. The number of hydrogen-bond acceptors (Lipinski definition) is 7. The number of aryl methyl sites for hydroxylation is 2. The van der Waals surface area contributed by atoms with E-state index in [9.17, 15) is 4.79 Å². The Morgan fingerprint density at radius 2 is 2.30 bits per heavy atom. The number of likely N-dealkylation sites (N-methyl/N-ethyl adjacent to an activating group) is 1. The van der Waals surface area contributed by atoms with Crippen molar-refractivity contribution in [3.05, 3.63) is 39.8 Å². The lowest BCUT2D eigenvalue weighted by atomic mass is 10.2. The van der Waals surface area contributed by atoms with Crippen molar-refractivity contribution in [1.82, 2.24) is 25.0 Å². The molecule has 1 atom stereocenters. The molecule has 23 heavy (non-hydrogen) atoms. The maximum Gasteiger partial charge on any atom is 0.262 e. The molecule has 0 saturated carbocycles. The molecule has 1 N–H and O–H groups in total. The average molecular weight is 356 g/mol. The number of halogens is 1. The molecular formula is C14H18ClN5O2S. The van der Waals surface area contributed by atoms with Crippen LogP contribution < -0.4 is 10.9 Å². The van der Waals surface area contributed by atoms with Crippen LogP contribution in [0.5, 0.6) is 0 Å². The Balaban J connectivity index is 0.00000192. The van der Waals surface area contributed by atoms with Crippen LogP contribution >= 0.6 is 23.7 Å². The Kier molecular flexibility index (Phi) is 5.86. The van der Waals surface area contributed by atoms with Gasteiger partial charge in [0, 0.05) is 25.4 Å². The van der Waals surface area contributed by atoms with Crippen molar-refractivity contribution < 1.29 is 4.52 Å². The number of nitrogens with zero attached hydrogens (tertiary/aromatic N) is 4. The zero-order valence-electron chi connectivity index (χ0n) is 12.9. The largest absolute Gasteiger partial charge is 0.339 e. The second kappa shape index (κ2) is 7.67. The third-order valence-electron chi connectivity index (χ3n) is 3.51. The van der Waals surface area contributed by atoms with Gasteiger partial charge in [0.15, 0.2) is 5.82 Å². The highest BCUT2D eigenvalue weighted by Gasteiger charge is 2.10. The fourth-order valence-electron chi connectivity index (χ4n) is 2.12. The van der Waals surface area contributed by atoms with Crippen molar-refractivity contribution in [2.24, 2.45) is 0 Å². The third kappa shape index (κ3) is 3.95. The monoisotopic (exact) mass is 355 g/mol. The summed E-state index contributed by atoms with van der Waals surface area (Å²) in [7, 11) is 1.89. The summed E-state index contributed by atoms with van der Waals surface area (Å²) in [5.74, 6) is 1.21. The number of hydrogen-bond donors (Lipinski definition) is 1. The van der Waals surface area contributed by atoms with E-state index in [2.05, 4.69) is 27.4 Å². The molecule has 3 aromatic heterocycles. The van der Waals surface area contributed by atoms with Crippen LogP contribution in [0.1, 0.15) is 18.6 Å². The van der Waals surface area contributed by atoms with E-state index in [0.717, 1.165) is 4.83 Å². The topological polar surface area (TPSA) is 85.8 Å². The molecule has 9 heteroatoms. The Morgan fingerprint density at radius 1 is 1.48 bits per heavy atom. The number of rotatable bonds is 6. The standard InChI is InChI=1S/C14H17N5O2S.ClH/c1-9(15-2)7-11-17-12(21-18-11)3-5-19-8-16-13-10(14(19)20)4-6-22-13;/h4,6,8-9,15H,3,5,7H2,1-2H3;1H. The fourth-order valence-corrected chi connectivity index (χ4v) is 2.84. The quantitative estimate of drug-likeness (QED) is 0.723. The predicted octanol–water partition coefficient (Wildman–Crippen LogP) is 1.66. The molecule has 3 heterocycles. The Morgan fingerprint density at radius 3 is 3.09 bits per heavy atom. The minimum atomic E-state index is -0.0326. The van der Waals surface area contributed by atoms with E-state index >= 15 is 0 Å². The highest BCUT2D eigenvalue weighted by molar-refractivity contribution is 7.16. The van der Waals surface area contributed by atoms with Crippen LogP contribution in [0.2, 0.25) is 0 Å². The Labute approximate surface area is 143 Å². The van der Waals surface area contributed by atoms with Gasteiger partial charge in [-0.15, -0.1) is 23.7 Å². The number of fused-ring (bicyclic) bond motifs is 1. The minimum Gasteiger partial charge on any atom is -0.339 e. The lowest BCUT2D eigenvalue weighted by molar-refractivity contribution is 0.364. The summed E-state index contributed by atoms with van der Waals surface area (Å²) in [6.45, 7) is 2.53. The van der Waals surface area contributed by atoms with Crippen molar-refractivity contribution >= 4 is 34.0 Å². The first-order chi connectivity index (χ1) is 10.7. The highest BCUT2D eigenvalue weighted by Crippen LogP contribution is 2.13. The summed E-state index contributed by atoms with van der Waals surface area (Å²) in [5.41, 5.74) is -0.0326. The lowest BCUT2D eigenvalue weighted by Gasteiger charge is -2.04. The molecule has 1 unspecified atom stereocenters. The molecule has 0 bridgehead atoms.